The molecule has 3 heterocycles. The van der Waals surface area contributed by atoms with Crippen LogP contribution >= 0.6 is 27.7 Å². The Hall–Kier alpha value is -3.04. The van der Waals surface area contributed by atoms with Crippen LogP contribution < -0.4 is 4.90 Å². The van der Waals surface area contributed by atoms with Crippen LogP contribution in [0.25, 0.3) is 5.69 Å². The van der Waals surface area contributed by atoms with Gasteiger partial charge in [-0.2, -0.15) is 0 Å². The van der Waals surface area contributed by atoms with Gasteiger partial charge >= 0.3 is 0 Å². The summed E-state index contributed by atoms with van der Waals surface area (Å²) in [5, 5.41) is 9.36. The summed E-state index contributed by atoms with van der Waals surface area (Å²) in [5.41, 5.74) is 5.85. The summed E-state index contributed by atoms with van der Waals surface area (Å²) < 4.78 is 2.70. The lowest BCUT2D eigenvalue weighted by Crippen LogP contribution is -2.30. The van der Waals surface area contributed by atoms with E-state index in [-0.39, 0.29) is 5.91 Å². The smallest absolute Gasteiger partial charge is 0.280 e. The first-order valence-electron chi connectivity index (χ1n) is 10.5. The van der Waals surface area contributed by atoms with E-state index in [1.165, 1.54) is 17.3 Å². The lowest BCUT2D eigenvalue weighted by Gasteiger charge is -2.17. The number of aryl methyl sites for hydroxylation is 2. The molecule has 0 bridgehead atoms. The van der Waals surface area contributed by atoms with Gasteiger partial charge in [0.05, 0.1) is 11.4 Å². The molecule has 0 saturated heterocycles. The minimum atomic E-state index is -0.139. The zero-order chi connectivity index (χ0) is 22.9. The molecule has 0 spiro atoms. The van der Waals surface area contributed by atoms with E-state index in [0.717, 1.165) is 39.4 Å². The molecule has 5 rings (SSSR count). The standard InChI is InChI=1S/C24H21BrN6OS/c1-15-13-16(2)27-24(26-15)33-14-21-22(28-29-31(21)19-9-7-18(25)8-10-19)23(32)30-12-11-17-5-3-4-6-20(17)30/h3-10,13H,11-12,14H2,1-2H3. The predicted molar refractivity (Wildman–Crippen MR) is 132 cm³/mol. The molecule has 7 nitrogen and oxygen atoms in total. The Morgan fingerprint density at radius 2 is 1.79 bits per heavy atom. The van der Waals surface area contributed by atoms with Crippen molar-refractivity contribution in [3.05, 3.63) is 87.4 Å². The molecule has 9 heteroatoms. The highest BCUT2D eigenvalue weighted by molar-refractivity contribution is 9.10. The van der Waals surface area contributed by atoms with Gasteiger partial charge in [0.25, 0.3) is 5.91 Å². The van der Waals surface area contributed by atoms with Crippen molar-refractivity contribution in [3.63, 3.8) is 0 Å². The maximum absolute atomic E-state index is 13.6. The van der Waals surface area contributed by atoms with Crippen molar-refractivity contribution in [2.45, 2.75) is 31.2 Å². The first-order chi connectivity index (χ1) is 16.0. The minimum absolute atomic E-state index is 0.139. The molecule has 1 aliphatic heterocycles. The first kappa shape index (κ1) is 21.8. The van der Waals surface area contributed by atoms with Crippen LogP contribution in [0.15, 0.2) is 64.2 Å². The van der Waals surface area contributed by atoms with Crippen molar-refractivity contribution < 1.29 is 4.79 Å². The average molecular weight is 521 g/mol. The van der Waals surface area contributed by atoms with Crippen LogP contribution in [0.1, 0.15) is 33.1 Å². The molecule has 33 heavy (non-hydrogen) atoms. The number of aromatic nitrogens is 5. The Balaban J connectivity index is 1.52. The topological polar surface area (TPSA) is 76.8 Å². The zero-order valence-electron chi connectivity index (χ0n) is 18.2. The van der Waals surface area contributed by atoms with Gasteiger partial charge in [-0.1, -0.05) is 51.1 Å². The van der Waals surface area contributed by atoms with Crippen molar-refractivity contribution in [2.24, 2.45) is 0 Å². The molecule has 1 aliphatic rings. The highest BCUT2D eigenvalue weighted by Crippen LogP contribution is 2.31. The number of benzene rings is 2. The van der Waals surface area contributed by atoms with Crippen LogP contribution in [0.4, 0.5) is 5.69 Å². The number of carbonyl (C=O) groups is 1. The summed E-state index contributed by atoms with van der Waals surface area (Å²) >= 11 is 4.95. The van der Waals surface area contributed by atoms with Crippen molar-refractivity contribution in [2.75, 3.05) is 11.4 Å². The summed E-state index contributed by atoms with van der Waals surface area (Å²) in [5.74, 6) is 0.322. The fourth-order valence-electron chi connectivity index (χ4n) is 3.96. The monoisotopic (exact) mass is 520 g/mol. The van der Waals surface area contributed by atoms with E-state index in [9.17, 15) is 4.79 Å². The van der Waals surface area contributed by atoms with E-state index in [1.807, 2.05) is 62.4 Å². The van der Waals surface area contributed by atoms with E-state index in [1.54, 1.807) is 9.58 Å². The summed E-state index contributed by atoms with van der Waals surface area (Å²) in [4.78, 5) is 24.5. The molecule has 4 aromatic rings. The van der Waals surface area contributed by atoms with Crippen LogP contribution in [-0.2, 0) is 12.2 Å². The van der Waals surface area contributed by atoms with Crippen LogP contribution in [0, 0.1) is 13.8 Å². The normalized spacial score (nSPS) is 12.8. The van der Waals surface area contributed by atoms with Gasteiger partial charge in [-0.25, -0.2) is 14.6 Å². The quantitative estimate of drug-likeness (QED) is 0.274. The zero-order valence-corrected chi connectivity index (χ0v) is 20.6. The molecule has 2 aromatic heterocycles. The maximum Gasteiger partial charge on any atom is 0.280 e. The molecule has 0 aliphatic carbocycles. The van der Waals surface area contributed by atoms with Crippen molar-refractivity contribution in [3.8, 4) is 5.69 Å². The number of hydrogen-bond donors (Lipinski definition) is 0. The highest BCUT2D eigenvalue weighted by atomic mass is 79.9. The fraction of sp³-hybridized carbons (Fsp3) is 0.208. The molecule has 2 aromatic carbocycles. The Morgan fingerprint density at radius 3 is 2.55 bits per heavy atom. The first-order valence-corrected chi connectivity index (χ1v) is 12.3. The number of amides is 1. The van der Waals surface area contributed by atoms with Gasteiger partial charge in [0, 0.05) is 33.8 Å². The molecule has 0 fully saturated rings. The third-order valence-corrected chi connectivity index (χ3v) is 6.86. The van der Waals surface area contributed by atoms with Crippen LogP contribution in [0.5, 0.6) is 0 Å². The lowest BCUT2D eigenvalue weighted by atomic mass is 10.2. The number of nitrogens with zero attached hydrogens (tertiary/aromatic N) is 6. The summed E-state index contributed by atoms with van der Waals surface area (Å²) in [6.45, 7) is 4.54. The molecular formula is C24H21BrN6OS. The number of thioether (sulfide) groups is 1. The Labute approximate surface area is 204 Å². The van der Waals surface area contributed by atoms with Crippen LogP contribution in [0.2, 0.25) is 0 Å². The van der Waals surface area contributed by atoms with Gasteiger partial charge in [0.1, 0.15) is 0 Å². The number of fused-ring (bicyclic) bond motifs is 1. The van der Waals surface area contributed by atoms with Gasteiger partial charge < -0.3 is 4.90 Å². The summed E-state index contributed by atoms with van der Waals surface area (Å²) in [6, 6.07) is 17.7. The van der Waals surface area contributed by atoms with E-state index in [2.05, 4.69) is 42.3 Å². The van der Waals surface area contributed by atoms with Crippen LogP contribution in [-0.4, -0.2) is 37.4 Å². The molecule has 0 radical (unpaired) electrons. The second kappa shape index (κ2) is 9.07. The Morgan fingerprint density at radius 1 is 1.06 bits per heavy atom. The maximum atomic E-state index is 13.6. The van der Waals surface area contributed by atoms with E-state index in [4.69, 9.17) is 0 Å². The fourth-order valence-corrected chi connectivity index (χ4v) is 5.16. The molecular weight excluding hydrogens is 500 g/mol. The lowest BCUT2D eigenvalue weighted by molar-refractivity contribution is 0.0984. The molecule has 0 unspecified atom stereocenters. The second-order valence-electron chi connectivity index (χ2n) is 7.83. The average Bonchev–Trinajstić information content (AvgIpc) is 3.42. The number of anilines is 1. The minimum Gasteiger partial charge on any atom is -0.306 e. The molecule has 0 N–H and O–H groups in total. The van der Waals surface area contributed by atoms with Crippen LogP contribution in [0.3, 0.4) is 0 Å². The molecule has 0 atom stereocenters. The van der Waals surface area contributed by atoms with Crippen molar-refractivity contribution in [1.29, 1.82) is 0 Å². The Bertz CT molecular complexity index is 1320. The van der Waals surface area contributed by atoms with E-state index >= 15 is 0 Å². The van der Waals surface area contributed by atoms with Gasteiger partial charge in [0.2, 0.25) is 0 Å². The number of para-hydroxylation sites is 1. The number of carbonyl (C=O) groups excluding carboxylic acids is 1. The number of hydrogen-bond acceptors (Lipinski definition) is 6. The number of halogens is 1. The largest absolute Gasteiger partial charge is 0.306 e. The summed E-state index contributed by atoms with van der Waals surface area (Å²) in [6.07, 6.45) is 0.837. The molecule has 0 saturated carbocycles. The second-order valence-corrected chi connectivity index (χ2v) is 9.69. The summed E-state index contributed by atoms with van der Waals surface area (Å²) in [7, 11) is 0. The third-order valence-electron chi connectivity index (χ3n) is 5.47. The van der Waals surface area contributed by atoms with E-state index in [0.29, 0.717) is 23.1 Å². The van der Waals surface area contributed by atoms with Crippen molar-refractivity contribution >= 4 is 39.3 Å². The molecule has 1 amide bonds. The third kappa shape index (κ3) is 4.43. The van der Waals surface area contributed by atoms with Gasteiger partial charge in [-0.15, -0.1) is 5.10 Å². The van der Waals surface area contributed by atoms with E-state index < -0.39 is 0 Å². The predicted octanol–water partition coefficient (Wildman–Crippen LogP) is 4.93. The molecule has 166 valence electrons. The van der Waals surface area contributed by atoms with Gasteiger partial charge in [-0.3, -0.25) is 4.79 Å². The van der Waals surface area contributed by atoms with Gasteiger partial charge in [-0.05, 0) is 62.2 Å². The van der Waals surface area contributed by atoms with Gasteiger partial charge in [0.15, 0.2) is 10.9 Å². The Kier molecular flexibility index (Phi) is 5.99. The SMILES string of the molecule is Cc1cc(C)nc(SCc2c(C(=O)N3CCc4ccccc43)nnn2-c2ccc(Br)cc2)n1. The van der Waals surface area contributed by atoms with Crippen molar-refractivity contribution in [1.82, 2.24) is 25.0 Å². The number of rotatable bonds is 5. The highest BCUT2D eigenvalue weighted by Gasteiger charge is 2.30.